The fourth-order valence-corrected chi connectivity index (χ4v) is 1.97. The smallest absolute Gasteiger partial charge is 0.0318 e. The molecule has 1 fully saturated rings. The Morgan fingerprint density at radius 3 is 2.07 bits per heavy atom. The molecule has 1 atom stereocenters. The van der Waals surface area contributed by atoms with Crippen molar-refractivity contribution in [2.75, 3.05) is 0 Å². The van der Waals surface area contributed by atoms with E-state index in [9.17, 15) is 0 Å². The van der Waals surface area contributed by atoms with Crippen LogP contribution in [0.5, 0.6) is 0 Å². The quantitative estimate of drug-likeness (QED) is 0.800. The molecule has 0 bridgehead atoms. The Morgan fingerprint density at radius 1 is 1.13 bits per heavy atom. The summed E-state index contributed by atoms with van der Waals surface area (Å²) in [5, 5.41) is 0. The van der Waals surface area contributed by atoms with Gasteiger partial charge in [-0.05, 0) is 35.3 Å². The summed E-state index contributed by atoms with van der Waals surface area (Å²) in [4.78, 5) is 0. The summed E-state index contributed by atoms with van der Waals surface area (Å²) in [5.41, 5.74) is 9.32. The molecule has 15 heavy (non-hydrogen) atoms. The number of hydrogen-bond donors (Lipinski definition) is 1. The molecule has 1 aliphatic carbocycles. The zero-order valence-corrected chi connectivity index (χ0v) is 9.96. The number of hydrogen-bond acceptors (Lipinski definition) is 1. The molecule has 1 aromatic carbocycles. The Balaban J connectivity index is 2.17. The molecule has 2 N–H and O–H groups in total. The summed E-state index contributed by atoms with van der Waals surface area (Å²) >= 11 is 0. The van der Waals surface area contributed by atoms with Crippen LogP contribution >= 0.6 is 0 Å². The van der Waals surface area contributed by atoms with Crippen LogP contribution in [0.1, 0.15) is 50.8 Å². The molecule has 0 heterocycles. The van der Waals surface area contributed by atoms with Gasteiger partial charge in [0.1, 0.15) is 0 Å². The van der Waals surface area contributed by atoms with Crippen LogP contribution in [0.4, 0.5) is 0 Å². The van der Waals surface area contributed by atoms with E-state index in [0.717, 1.165) is 0 Å². The minimum Gasteiger partial charge on any atom is -0.324 e. The number of benzene rings is 1. The number of nitrogens with two attached hydrogens (primary N) is 1. The molecule has 0 radical (unpaired) electrons. The molecule has 0 amide bonds. The summed E-state index contributed by atoms with van der Waals surface area (Å²) in [5.74, 6) is 0.507. The van der Waals surface area contributed by atoms with Crippen LogP contribution in [0.15, 0.2) is 24.3 Å². The Morgan fingerprint density at radius 2 is 1.67 bits per heavy atom. The van der Waals surface area contributed by atoms with Gasteiger partial charge in [-0.3, -0.25) is 0 Å². The van der Waals surface area contributed by atoms with Gasteiger partial charge in [0.25, 0.3) is 0 Å². The van der Waals surface area contributed by atoms with Crippen molar-refractivity contribution in [3.63, 3.8) is 0 Å². The van der Waals surface area contributed by atoms with Crippen LogP contribution in [-0.2, 0) is 5.41 Å². The minimum atomic E-state index is 0.172. The molecule has 1 aromatic rings. The molecular formula is C14H21N. The first-order valence-electron chi connectivity index (χ1n) is 5.89. The van der Waals surface area contributed by atoms with Crippen LogP contribution in [0.25, 0.3) is 0 Å². The normalized spacial score (nSPS) is 20.3. The fourth-order valence-electron chi connectivity index (χ4n) is 1.97. The van der Waals surface area contributed by atoms with E-state index < -0.39 is 0 Å². The highest BCUT2D eigenvalue weighted by molar-refractivity contribution is 5.33. The third-order valence-corrected chi connectivity index (χ3v) is 3.71. The predicted molar refractivity (Wildman–Crippen MR) is 64.8 cm³/mol. The van der Waals surface area contributed by atoms with Crippen molar-refractivity contribution in [1.29, 1.82) is 0 Å². The second kappa shape index (κ2) is 3.64. The van der Waals surface area contributed by atoms with Gasteiger partial charge in [-0.1, -0.05) is 45.0 Å². The molecule has 0 unspecified atom stereocenters. The van der Waals surface area contributed by atoms with E-state index in [4.69, 9.17) is 5.73 Å². The highest BCUT2D eigenvalue weighted by atomic mass is 14.6. The van der Waals surface area contributed by atoms with Crippen LogP contribution in [-0.4, -0.2) is 0 Å². The predicted octanol–water partition coefficient (Wildman–Crippen LogP) is 3.39. The van der Waals surface area contributed by atoms with Gasteiger partial charge in [-0.2, -0.15) is 0 Å². The first kappa shape index (κ1) is 10.7. The van der Waals surface area contributed by atoms with E-state index in [1.807, 2.05) is 0 Å². The molecule has 0 spiro atoms. The summed E-state index contributed by atoms with van der Waals surface area (Å²) in [7, 11) is 0. The van der Waals surface area contributed by atoms with Gasteiger partial charge in [0.15, 0.2) is 0 Å². The van der Waals surface area contributed by atoms with Gasteiger partial charge in [0.2, 0.25) is 0 Å². The van der Waals surface area contributed by atoms with E-state index >= 15 is 0 Å². The lowest BCUT2D eigenvalue weighted by Gasteiger charge is -2.17. The summed E-state index contributed by atoms with van der Waals surface area (Å²) in [6.45, 7) is 6.67. The molecule has 1 heteroatoms. The van der Waals surface area contributed by atoms with Crippen molar-refractivity contribution in [2.45, 2.75) is 45.1 Å². The van der Waals surface area contributed by atoms with Gasteiger partial charge >= 0.3 is 0 Å². The third-order valence-electron chi connectivity index (χ3n) is 3.71. The zero-order chi connectivity index (χ0) is 11.1. The maximum atomic E-state index is 6.11. The fraction of sp³-hybridized carbons (Fsp3) is 0.571. The van der Waals surface area contributed by atoms with Gasteiger partial charge < -0.3 is 5.73 Å². The van der Waals surface area contributed by atoms with E-state index in [-0.39, 0.29) is 6.04 Å². The van der Waals surface area contributed by atoms with E-state index in [1.54, 1.807) is 0 Å². The van der Waals surface area contributed by atoms with Crippen molar-refractivity contribution in [3.8, 4) is 0 Å². The van der Waals surface area contributed by atoms with Crippen molar-refractivity contribution < 1.29 is 0 Å². The largest absolute Gasteiger partial charge is 0.324 e. The highest BCUT2D eigenvalue weighted by Crippen LogP contribution is 2.47. The van der Waals surface area contributed by atoms with Crippen LogP contribution in [0.2, 0.25) is 0 Å². The average Bonchev–Trinajstić information content (AvgIpc) is 2.97. The number of rotatable bonds is 3. The summed E-state index contributed by atoms with van der Waals surface area (Å²) < 4.78 is 0. The zero-order valence-electron chi connectivity index (χ0n) is 9.96. The maximum Gasteiger partial charge on any atom is 0.0318 e. The SMILES string of the molecule is CC(C)[C@@H](N)c1ccc(C2(C)CC2)cc1. The van der Waals surface area contributed by atoms with Crippen LogP contribution < -0.4 is 5.73 Å². The lowest BCUT2D eigenvalue weighted by Crippen LogP contribution is -2.16. The molecule has 1 aliphatic rings. The monoisotopic (exact) mass is 203 g/mol. The van der Waals surface area contributed by atoms with Gasteiger partial charge in [-0.15, -0.1) is 0 Å². The minimum absolute atomic E-state index is 0.172. The lowest BCUT2D eigenvalue weighted by molar-refractivity contribution is 0.514. The van der Waals surface area contributed by atoms with Crippen LogP contribution in [0.3, 0.4) is 0 Å². The van der Waals surface area contributed by atoms with Gasteiger partial charge in [-0.25, -0.2) is 0 Å². The Bertz CT molecular complexity index is 333. The highest BCUT2D eigenvalue weighted by Gasteiger charge is 2.38. The molecule has 1 nitrogen and oxygen atoms in total. The van der Waals surface area contributed by atoms with Crippen molar-refractivity contribution in [1.82, 2.24) is 0 Å². The van der Waals surface area contributed by atoms with Crippen molar-refractivity contribution in [2.24, 2.45) is 11.7 Å². The van der Waals surface area contributed by atoms with E-state index in [2.05, 4.69) is 45.0 Å². The van der Waals surface area contributed by atoms with Gasteiger partial charge in [0, 0.05) is 6.04 Å². The second-order valence-corrected chi connectivity index (χ2v) is 5.45. The molecule has 82 valence electrons. The lowest BCUT2D eigenvalue weighted by atomic mass is 9.92. The molecule has 0 saturated heterocycles. The van der Waals surface area contributed by atoms with Crippen LogP contribution in [0, 0.1) is 5.92 Å². The molecule has 1 saturated carbocycles. The first-order valence-corrected chi connectivity index (χ1v) is 5.89. The topological polar surface area (TPSA) is 26.0 Å². The van der Waals surface area contributed by atoms with Gasteiger partial charge in [0.05, 0.1) is 0 Å². The summed E-state index contributed by atoms with van der Waals surface area (Å²) in [6.07, 6.45) is 2.67. The summed E-state index contributed by atoms with van der Waals surface area (Å²) in [6, 6.07) is 9.08. The maximum absolute atomic E-state index is 6.11. The molecule has 0 aromatic heterocycles. The van der Waals surface area contributed by atoms with Crippen molar-refractivity contribution >= 4 is 0 Å². The molecule has 0 aliphatic heterocycles. The van der Waals surface area contributed by atoms with E-state index in [1.165, 1.54) is 24.0 Å². The molecular weight excluding hydrogens is 182 g/mol. The Kier molecular flexibility index (Phi) is 2.59. The standard InChI is InChI=1S/C14H21N/c1-10(2)13(15)11-4-6-12(7-5-11)14(3)8-9-14/h4-7,10,13H,8-9,15H2,1-3H3/t13-/m1/s1. The van der Waals surface area contributed by atoms with E-state index in [0.29, 0.717) is 11.3 Å². The first-order chi connectivity index (χ1) is 7.03. The third kappa shape index (κ3) is 2.07. The van der Waals surface area contributed by atoms with Crippen molar-refractivity contribution in [3.05, 3.63) is 35.4 Å². The second-order valence-electron chi connectivity index (χ2n) is 5.45. The molecule has 2 rings (SSSR count). The average molecular weight is 203 g/mol. The Labute approximate surface area is 92.7 Å². The Hall–Kier alpha value is -0.820.